The van der Waals surface area contributed by atoms with Crippen LogP contribution in [0.3, 0.4) is 0 Å². The van der Waals surface area contributed by atoms with E-state index in [2.05, 4.69) is 43.1 Å². The van der Waals surface area contributed by atoms with Crippen LogP contribution in [-0.4, -0.2) is 12.5 Å². The Labute approximate surface area is 147 Å². The molecule has 24 heavy (non-hydrogen) atoms. The van der Waals surface area contributed by atoms with E-state index in [-0.39, 0.29) is 5.91 Å². The predicted molar refractivity (Wildman–Crippen MR) is 102 cm³/mol. The zero-order valence-electron chi connectivity index (χ0n) is 15.2. The van der Waals surface area contributed by atoms with E-state index >= 15 is 0 Å². The van der Waals surface area contributed by atoms with Crippen molar-refractivity contribution < 1.29 is 4.79 Å². The van der Waals surface area contributed by atoms with Crippen molar-refractivity contribution in [3.8, 4) is 0 Å². The van der Waals surface area contributed by atoms with Crippen molar-refractivity contribution in [2.75, 3.05) is 6.54 Å². The maximum atomic E-state index is 11.1. The van der Waals surface area contributed by atoms with Gasteiger partial charge < -0.3 is 5.32 Å². The van der Waals surface area contributed by atoms with Crippen LogP contribution in [0.15, 0.2) is 36.9 Å². The van der Waals surface area contributed by atoms with Gasteiger partial charge in [0.15, 0.2) is 0 Å². The van der Waals surface area contributed by atoms with Crippen LogP contribution in [0.5, 0.6) is 0 Å². The molecule has 2 rings (SSSR count). The number of unbranched alkanes of at least 4 members (excludes halogenated alkanes) is 2. The van der Waals surface area contributed by atoms with Crippen molar-refractivity contribution >= 4 is 5.91 Å². The van der Waals surface area contributed by atoms with Crippen LogP contribution in [0.25, 0.3) is 0 Å². The highest BCUT2D eigenvalue weighted by Crippen LogP contribution is 2.37. The lowest BCUT2D eigenvalue weighted by molar-refractivity contribution is -0.116. The first kappa shape index (κ1) is 18.8. The van der Waals surface area contributed by atoms with Crippen molar-refractivity contribution in [2.24, 2.45) is 5.92 Å². The van der Waals surface area contributed by atoms with Gasteiger partial charge >= 0.3 is 0 Å². The lowest BCUT2D eigenvalue weighted by Gasteiger charge is -2.29. The largest absolute Gasteiger partial charge is 0.352 e. The summed E-state index contributed by atoms with van der Waals surface area (Å²) in [4.78, 5) is 11.1. The Morgan fingerprint density at radius 1 is 1.17 bits per heavy atom. The Bertz CT molecular complexity index is 497. The van der Waals surface area contributed by atoms with E-state index in [1.165, 1.54) is 68.6 Å². The third kappa shape index (κ3) is 6.14. The Morgan fingerprint density at radius 2 is 1.88 bits per heavy atom. The summed E-state index contributed by atoms with van der Waals surface area (Å²) in [5.74, 6) is 1.63. The second kappa shape index (κ2) is 10.3. The average molecular weight is 328 g/mol. The average Bonchev–Trinajstić information content (AvgIpc) is 2.63. The van der Waals surface area contributed by atoms with Crippen LogP contribution in [-0.2, 0) is 11.2 Å². The number of amides is 1. The normalized spacial score (nSPS) is 20.5. The topological polar surface area (TPSA) is 29.1 Å². The molecule has 0 unspecified atom stereocenters. The molecule has 1 amide bonds. The minimum absolute atomic E-state index is 0.0951. The van der Waals surface area contributed by atoms with E-state index in [4.69, 9.17) is 0 Å². The maximum Gasteiger partial charge on any atom is 0.243 e. The van der Waals surface area contributed by atoms with Gasteiger partial charge in [-0.25, -0.2) is 0 Å². The molecule has 132 valence electrons. The Morgan fingerprint density at radius 3 is 2.50 bits per heavy atom. The van der Waals surface area contributed by atoms with Crippen LogP contribution >= 0.6 is 0 Å². The van der Waals surface area contributed by atoms with Crippen LogP contribution in [0.4, 0.5) is 0 Å². The van der Waals surface area contributed by atoms with Gasteiger partial charge in [-0.3, -0.25) is 4.79 Å². The molecule has 0 aromatic heterocycles. The molecule has 0 saturated heterocycles. The molecule has 1 aromatic carbocycles. The quantitative estimate of drug-likeness (QED) is 0.478. The van der Waals surface area contributed by atoms with Gasteiger partial charge in [-0.1, -0.05) is 63.5 Å². The Hall–Kier alpha value is -1.57. The summed E-state index contributed by atoms with van der Waals surface area (Å²) in [5, 5.41) is 2.83. The lowest BCUT2D eigenvalue weighted by atomic mass is 9.77. The van der Waals surface area contributed by atoms with E-state index < -0.39 is 0 Å². The van der Waals surface area contributed by atoms with Crippen molar-refractivity contribution in [3.05, 3.63) is 48.0 Å². The molecule has 0 atom stereocenters. The number of rotatable bonds is 9. The standard InChI is InChI=1S/C22H33NO/c1-3-5-6-7-18-8-12-20(13-9-18)21-14-10-19(11-15-21)16-17-23-22(24)4-2/h4,10-11,14-15,18,20H,2-3,5-9,12-13,16-17H2,1H3,(H,23,24). The van der Waals surface area contributed by atoms with E-state index in [0.29, 0.717) is 6.54 Å². The van der Waals surface area contributed by atoms with E-state index in [1.54, 1.807) is 0 Å². The summed E-state index contributed by atoms with van der Waals surface area (Å²) >= 11 is 0. The van der Waals surface area contributed by atoms with Gasteiger partial charge in [0.2, 0.25) is 5.91 Å². The minimum atomic E-state index is -0.0951. The first-order valence-electron chi connectivity index (χ1n) is 9.72. The van der Waals surface area contributed by atoms with Crippen LogP contribution in [0.1, 0.15) is 75.3 Å². The van der Waals surface area contributed by atoms with Crippen LogP contribution in [0.2, 0.25) is 0 Å². The Balaban J connectivity index is 1.73. The molecule has 2 heteroatoms. The molecular weight excluding hydrogens is 294 g/mol. The van der Waals surface area contributed by atoms with Gasteiger partial charge in [-0.2, -0.15) is 0 Å². The van der Waals surface area contributed by atoms with E-state index in [9.17, 15) is 4.79 Å². The number of benzene rings is 1. The van der Waals surface area contributed by atoms with Crippen molar-refractivity contribution in [2.45, 2.75) is 70.6 Å². The predicted octanol–water partition coefficient (Wildman–Crippen LogP) is 5.39. The van der Waals surface area contributed by atoms with E-state index in [1.807, 2.05) is 0 Å². The number of hydrogen-bond acceptors (Lipinski definition) is 1. The zero-order valence-corrected chi connectivity index (χ0v) is 15.2. The lowest BCUT2D eigenvalue weighted by Crippen LogP contribution is -2.23. The molecule has 0 aliphatic heterocycles. The molecule has 1 aliphatic carbocycles. The van der Waals surface area contributed by atoms with Gasteiger partial charge in [0, 0.05) is 6.54 Å². The van der Waals surface area contributed by atoms with Crippen molar-refractivity contribution in [1.29, 1.82) is 0 Å². The molecule has 1 N–H and O–H groups in total. The Kier molecular flexibility index (Phi) is 8.07. The summed E-state index contributed by atoms with van der Waals surface area (Å²) in [5.41, 5.74) is 2.79. The second-order valence-electron chi connectivity index (χ2n) is 7.20. The first-order valence-corrected chi connectivity index (χ1v) is 9.72. The first-order chi connectivity index (χ1) is 11.7. The summed E-state index contributed by atoms with van der Waals surface area (Å²) in [6.07, 6.45) is 13.3. The molecule has 0 radical (unpaired) electrons. The van der Waals surface area contributed by atoms with Crippen molar-refractivity contribution in [3.63, 3.8) is 0 Å². The molecule has 1 aliphatic rings. The van der Waals surface area contributed by atoms with Gasteiger partial charge in [0.05, 0.1) is 0 Å². The monoisotopic (exact) mass is 327 g/mol. The molecule has 0 heterocycles. The van der Waals surface area contributed by atoms with Crippen LogP contribution in [0, 0.1) is 5.92 Å². The minimum Gasteiger partial charge on any atom is -0.352 e. The third-order valence-corrected chi connectivity index (χ3v) is 5.41. The van der Waals surface area contributed by atoms with Crippen molar-refractivity contribution in [1.82, 2.24) is 5.32 Å². The molecule has 1 aromatic rings. The van der Waals surface area contributed by atoms with Gasteiger partial charge in [-0.15, -0.1) is 0 Å². The smallest absolute Gasteiger partial charge is 0.243 e. The summed E-state index contributed by atoms with van der Waals surface area (Å²) in [7, 11) is 0. The zero-order chi connectivity index (χ0) is 17.2. The SMILES string of the molecule is C=CC(=O)NCCc1ccc(C2CCC(CCCCC)CC2)cc1. The summed E-state index contributed by atoms with van der Waals surface area (Å²) < 4.78 is 0. The van der Waals surface area contributed by atoms with E-state index in [0.717, 1.165) is 18.3 Å². The molecule has 0 bridgehead atoms. The van der Waals surface area contributed by atoms with Gasteiger partial charge in [0.25, 0.3) is 0 Å². The third-order valence-electron chi connectivity index (χ3n) is 5.41. The molecule has 1 saturated carbocycles. The highest BCUT2D eigenvalue weighted by molar-refractivity contribution is 5.86. The molecule has 1 fully saturated rings. The number of hydrogen-bond donors (Lipinski definition) is 1. The highest BCUT2D eigenvalue weighted by Gasteiger charge is 2.21. The molecule has 0 spiro atoms. The highest BCUT2D eigenvalue weighted by atomic mass is 16.1. The maximum absolute atomic E-state index is 11.1. The number of carbonyl (C=O) groups is 1. The fraction of sp³-hybridized carbons (Fsp3) is 0.591. The van der Waals surface area contributed by atoms with Crippen LogP contribution < -0.4 is 5.32 Å². The second-order valence-corrected chi connectivity index (χ2v) is 7.20. The summed E-state index contributed by atoms with van der Waals surface area (Å²) in [6, 6.07) is 9.05. The fourth-order valence-electron chi connectivity index (χ4n) is 3.83. The number of carbonyl (C=O) groups excluding carboxylic acids is 1. The summed E-state index contributed by atoms with van der Waals surface area (Å²) in [6.45, 7) is 6.42. The van der Waals surface area contributed by atoms with Gasteiger partial charge in [0.1, 0.15) is 0 Å². The molecule has 2 nitrogen and oxygen atoms in total. The fourth-order valence-corrected chi connectivity index (χ4v) is 3.83. The molecular formula is C22H33NO. The van der Waals surface area contributed by atoms with Gasteiger partial charge in [-0.05, 0) is 61.1 Å². The number of nitrogens with one attached hydrogen (secondary N) is 1.